The fourth-order valence-corrected chi connectivity index (χ4v) is 2.18. The number of pyridine rings is 1. The van der Waals surface area contributed by atoms with E-state index in [1.807, 2.05) is 57.4 Å². The first-order chi connectivity index (χ1) is 12.0. The summed E-state index contributed by atoms with van der Waals surface area (Å²) in [5, 5.41) is 2.93. The molecule has 0 aliphatic heterocycles. The summed E-state index contributed by atoms with van der Waals surface area (Å²) in [6, 6.07) is 11.3. The number of nitrogens with one attached hydrogen (secondary N) is 1. The van der Waals surface area contributed by atoms with E-state index in [0.717, 1.165) is 23.7 Å². The summed E-state index contributed by atoms with van der Waals surface area (Å²) in [5.41, 5.74) is 1.59. The predicted octanol–water partition coefficient (Wildman–Crippen LogP) is 2.02. The first-order valence-corrected chi connectivity index (χ1v) is 8.24. The summed E-state index contributed by atoms with van der Waals surface area (Å²) >= 11 is 0. The molecule has 1 aromatic heterocycles. The number of nitrogens with zero attached hydrogens (tertiary/aromatic N) is 3. The molecule has 2 rings (SSSR count). The zero-order valence-electron chi connectivity index (χ0n) is 15.3. The van der Waals surface area contributed by atoms with Crippen molar-refractivity contribution in [1.82, 2.24) is 15.2 Å². The van der Waals surface area contributed by atoms with Gasteiger partial charge in [0, 0.05) is 38.9 Å². The fraction of sp³-hybridized carbons (Fsp3) is 0.368. The van der Waals surface area contributed by atoms with Crippen molar-refractivity contribution in [3.8, 4) is 5.75 Å². The molecule has 6 heteroatoms. The monoisotopic (exact) mass is 342 g/mol. The maximum absolute atomic E-state index is 12.3. The van der Waals surface area contributed by atoms with Crippen LogP contribution in [-0.4, -0.2) is 57.1 Å². The number of anilines is 1. The van der Waals surface area contributed by atoms with Crippen LogP contribution in [0.3, 0.4) is 0 Å². The van der Waals surface area contributed by atoms with Crippen LogP contribution in [0.4, 0.5) is 5.82 Å². The Kier molecular flexibility index (Phi) is 6.77. The summed E-state index contributed by atoms with van der Waals surface area (Å²) in [5.74, 6) is 1.45. The minimum atomic E-state index is -0.121. The molecule has 0 bridgehead atoms. The van der Waals surface area contributed by atoms with Crippen LogP contribution in [0.2, 0.25) is 0 Å². The highest BCUT2D eigenvalue weighted by Gasteiger charge is 2.08. The molecular formula is C19H26N4O2. The molecule has 134 valence electrons. The van der Waals surface area contributed by atoms with Crippen molar-refractivity contribution in [2.75, 3.05) is 46.2 Å². The number of rotatable bonds is 8. The van der Waals surface area contributed by atoms with E-state index in [9.17, 15) is 4.79 Å². The Morgan fingerprint density at radius 2 is 1.96 bits per heavy atom. The van der Waals surface area contributed by atoms with Crippen molar-refractivity contribution >= 4 is 11.7 Å². The second-order valence-corrected chi connectivity index (χ2v) is 6.28. The second kappa shape index (κ2) is 9.03. The van der Waals surface area contributed by atoms with Gasteiger partial charge < -0.3 is 19.9 Å². The molecule has 1 amide bonds. The highest BCUT2D eigenvalue weighted by atomic mass is 16.5. The van der Waals surface area contributed by atoms with Crippen LogP contribution in [0.25, 0.3) is 0 Å². The molecule has 0 radical (unpaired) electrons. The standard InChI is InChI=1S/C19H26N4O2/c1-22(2)10-11-25-17-7-5-6-15(12-17)14-21-19(24)16-8-9-20-18(13-16)23(3)4/h5-9,12-13H,10-11,14H2,1-4H3,(H,21,24). The Morgan fingerprint density at radius 1 is 1.16 bits per heavy atom. The lowest BCUT2D eigenvalue weighted by molar-refractivity contribution is 0.0950. The Bertz CT molecular complexity index is 701. The van der Waals surface area contributed by atoms with Crippen molar-refractivity contribution in [2.24, 2.45) is 0 Å². The van der Waals surface area contributed by atoms with Crippen LogP contribution < -0.4 is 15.0 Å². The average Bonchev–Trinajstić information content (AvgIpc) is 2.60. The molecule has 0 aliphatic carbocycles. The number of ether oxygens (including phenoxy) is 1. The molecule has 6 nitrogen and oxygen atoms in total. The molecule has 0 aliphatic rings. The largest absolute Gasteiger partial charge is 0.492 e. The van der Waals surface area contributed by atoms with E-state index in [-0.39, 0.29) is 5.91 Å². The average molecular weight is 342 g/mol. The van der Waals surface area contributed by atoms with Gasteiger partial charge in [-0.2, -0.15) is 0 Å². The van der Waals surface area contributed by atoms with Gasteiger partial charge in [-0.1, -0.05) is 12.1 Å². The van der Waals surface area contributed by atoms with Crippen LogP contribution >= 0.6 is 0 Å². The molecule has 2 aromatic rings. The van der Waals surface area contributed by atoms with Crippen LogP contribution in [0.15, 0.2) is 42.6 Å². The number of likely N-dealkylation sites (N-methyl/N-ethyl adjacent to an activating group) is 1. The third-order valence-electron chi connectivity index (χ3n) is 3.62. The second-order valence-electron chi connectivity index (χ2n) is 6.28. The summed E-state index contributed by atoms with van der Waals surface area (Å²) in [6.45, 7) is 1.94. The number of benzene rings is 1. The first-order valence-electron chi connectivity index (χ1n) is 8.24. The maximum Gasteiger partial charge on any atom is 0.251 e. The molecule has 0 fully saturated rings. The lowest BCUT2D eigenvalue weighted by Gasteiger charge is -2.13. The van der Waals surface area contributed by atoms with E-state index in [1.165, 1.54) is 0 Å². The van der Waals surface area contributed by atoms with Crippen molar-refractivity contribution in [3.63, 3.8) is 0 Å². The number of hydrogen-bond acceptors (Lipinski definition) is 5. The number of aromatic nitrogens is 1. The van der Waals surface area contributed by atoms with E-state index in [0.29, 0.717) is 18.7 Å². The van der Waals surface area contributed by atoms with Gasteiger partial charge in [-0.05, 0) is 43.9 Å². The highest BCUT2D eigenvalue weighted by molar-refractivity contribution is 5.94. The summed E-state index contributed by atoms with van der Waals surface area (Å²) in [7, 11) is 7.81. The van der Waals surface area contributed by atoms with Gasteiger partial charge in [0.2, 0.25) is 0 Å². The molecule has 0 saturated heterocycles. The lowest BCUT2D eigenvalue weighted by atomic mass is 10.2. The third-order valence-corrected chi connectivity index (χ3v) is 3.62. The Labute approximate surface area is 149 Å². The number of amides is 1. The van der Waals surface area contributed by atoms with Crippen molar-refractivity contribution < 1.29 is 9.53 Å². The van der Waals surface area contributed by atoms with Gasteiger partial charge in [0.1, 0.15) is 18.2 Å². The molecule has 0 unspecified atom stereocenters. The molecule has 0 spiro atoms. The maximum atomic E-state index is 12.3. The van der Waals surface area contributed by atoms with E-state index >= 15 is 0 Å². The van der Waals surface area contributed by atoms with Crippen LogP contribution in [-0.2, 0) is 6.54 Å². The predicted molar refractivity (Wildman–Crippen MR) is 100 cm³/mol. The van der Waals surface area contributed by atoms with Crippen molar-refractivity contribution in [3.05, 3.63) is 53.7 Å². The molecule has 1 aromatic carbocycles. The molecule has 1 heterocycles. The van der Waals surface area contributed by atoms with Crippen molar-refractivity contribution in [2.45, 2.75) is 6.54 Å². The van der Waals surface area contributed by atoms with Crippen molar-refractivity contribution in [1.29, 1.82) is 0 Å². The minimum Gasteiger partial charge on any atom is -0.492 e. The molecule has 25 heavy (non-hydrogen) atoms. The molecule has 0 saturated carbocycles. The zero-order chi connectivity index (χ0) is 18.2. The van der Waals surface area contributed by atoms with Crippen LogP contribution in [0.1, 0.15) is 15.9 Å². The zero-order valence-corrected chi connectivity index (χ0v) is 15.3. The Hall–Kier alpha value is -2.60. The normalized spacial score (nSPS) is 10.6. The minimum absolute atomic E-state index is 0.121. The molecular weight excluding hydrogens is 316 g/mol. The van der Waals surface area contributed by atoms with Gasteiger partial charge in [-0.25, -0.2) is 4.98 Å². The highest BCUT2D eigenvalue weighted by Crippen LogP contribution is 2.14. The van der Waals surface area contributed by atoms with Gasteiger partial charge in [0.25, 0.3) is 5.91 Å². The lowest BCUT2D eigenvalue weighted by Crippen LogP contribution is -2.23. The van der Waals surface area contributed by atoms with Gasteiger partial charge in [-0.15, -0.1) is 0 Å². The number of carbonyl (C=O) groups excluding carboxylic acids is 1. The Balaban J connectivity index is 1.92. The summed E-state index contributed by atoms with van der Waals surface area (Å²) in [4.78, 5) is 20.5. The van der Waals surface area contributed by atoms with E-state index in [4.69, 9.17) is 4.74 Å². The molecule has 1 N–H and O–H groups in total. The smallest absolute Gasteiger partial charge is 0.251 e. The van der Waals surface area contributed by atoms with E-state index < -0.39 is 0 Å². The topological polar surface area (TPSA) is 57.7 Å². The number of carbonyl (C=O) groups is 1. The summed E-state index contributed by atoms with van der Waals surface area (Å²) in [6.07, 6.45) is 1.64. The van der Waals surface area contributed by atoms with Gasteiger partial charge in [-0.3, -0.25) is 4.79 Å². The van der Waals surface area contributed by atoms with E-state index in [1.54, 1.807) is 18.3 Å². The quantitative estimate of drug-likeness (QED) is 0.795. The SMILES string of the molecule is CN(C)CCOc1cccc(CNC(=O)c2ccnc(N(C)C)c2)c1. The fourth-order valence-electron chi connectivity index (χ4n) is 2.18. The van der Waals surface area contributed by atoms with Crippen LogP contribution in [0.5, 0.6) is 5.75 Å². The van der Waals surface area contributed by atoms with Crippen LogP contribution in [0, 0.1) is 0 Å². The first kappa shape index (κ1) is 18.7. The Morgan fingerprint density at radius 3 is 2.68 bits per heavy atom. The summed E-state index contributed by atoms with van der Waals surface area (Å²) < 4.78 is 5.72. The third kappa shape index (κ3) is 6.08. The molecule has 0 atom stereocenters. The van der Waals surface area contributed by atoms with E-state index in [2.05, 4.69) is 15.2 Å². The number of hydrogen-bond donors (Lipinski definition) is 1. The van der Waals surface area contributed by atoms with Gasteiger partial charge in [0.15, 0.2) is 0 Å². The van der Waals surface area contributed by atoms with Gasteiger partial charge in [0.05, 0.1) is 0 Å². The van der Waals surface area contributed by atoms with Gasteiger partial charge >= 0.3 is 0 Å².